The average molecular weight is 258 g/mol. The monoisotopic (exact) mass is 258 g/mol. The second-order valence-corrected chi connectivity index (χ2v) is 6.11. The number of nitrogens with two attached hydrogens (primary N) is 2. The summed E-state index contributed by atoms with van der Waals surface area (Å²) in [6, 6.07) is -0.478. The molecule has 4 nitrogen and oxygen atoms in total. The summed E-state index contributed by atoms with van der Waals surface area (Å²) in [5, 5.41) is 20.0. The molecule has 0 heterocycles. The number of hydrogen-bond donors (Lipinski definition) is 4. The van der Waals surface area contributed by atoms with E-state index >= 15 is 0 Å². The first-order valence-electron chi connectivity index (χ1n) is 7.30. The Morgan fingerprint density at radius 3 is 2.11 bits per heavy atom. The van der Waals surface area contributed by atoms with Crippen LogP contribution in [0.5, 0.6) is 0 Å². The van der Waals surface area contributed by atoms with E-state index in [-0.39, 0.29) is 18.0 Å². The van der Waals surface area contributed by atoms with Crippen molar-refractivity contribution in [3.8, 4) is 0 Å². The van der Waals surface area contributed by atoms with E-state index in [1.165, 1.54) is 32.1 Å². The molecule has 0 aromatic rings. The van der Waals surface area contributed by atoms with Gasteiger partial charge >= 0.3 is 0 Å². The van der Waals surface area contributed by atoms with E-state index in [4.69, 9.17) is 11.5 Å². The molecule has 1 rings (SSSR count). The number of aliphatic hydroxyl groups is 2. The fourth-order valence-corrected chi connectivity index (χ4v) is 3.06. The molecule has 0 amide bonds. The zero-order valence-electron chi connectivity index (χ0n) is 11.8. The maximum atomic E-state index is 10.1. The van der Waals surface area contributed by atoms with Gasteiger partial charge in [0.25, 0.3) is 0 Å². The molecule has 0 aromatic carbocycles. The first kappa shape index (κ1) is 15.9. The minimum absolute atomic E-state index is 0.119. The summed E-state index contributed by atoms with van der Waals surface area (Å²) in [6.45, 7) is 3.93. The van der Waals surface area contributed by atoms with Crippen LogP contribution in [0.3, 0.4) is 0 Å². The van der Waals surface area contributed by atoms with Crippen LogP contribution >= 0.6 is 0 Å². The molecule has 108 valence electrons. The third kappa shape index (κ3) is 4.50. The largest absolute Gasteiger partial charge is 0.390 e. The van der Waals surface area contributed by atoms with Crippen molar-refractivity contribution in [2.45, 2.75) is 76.7 Å². The minimum atomic E-state index is -0.868. The quantitative estimate of drug-likeness (QED) is 0.571. The third-order valence-corrected chi connectivity index (χ3v) is 4.40. The van der Waals surface area contributed by atoms with Crippen LogP contribution in [0.25, 0.3) is 0 Å². The van der Waals surface area contributed by atoms with Gasteiger partial charge in [-0.2, -0.15) is 0 Å². The molecule has 0 bridgehead atoms. The molecule has 1 aliphatic carbocycles. The van der Waals surface area contributed by atoms with E-state index in [0.717, 1.165) is 0 Å². The predicted octanol–water partition coefficient (Wildman–Crippen LogP) is 0.989. The molecule has 0 aliphatic heterocycles. The second kappa shape index (κ2) is 7.43. The Kier molecular flexibility index (Phi) is 6.57. The Morgan fingerprint density at radius 1 is 1.06 bits per heavy atom. The van der Waals surface area contributed by atoms with Crippen molar-refractivity contribution in [2.24, 2.45) is 23.3 Å². The van der Waals surface area contributed by atoms with E-state index in [9.17, 15) is 10.2 Å². The van der Waals surface area contributed by atoms with Crippen LogP contribution in [0, 0.1) is 11.8 Å². The molecule has 0 aromatic heterocycles. The highest BCUT2D eigenvalue weighted by atomic mass is 16.3. The highest BCUT2D eigenvalue weighted by Crippen LogP contribution is 2.32. The first-order valence-corrected chi connectivity index (χ1v) is 7.30. The lowest BCUT2D eigenvalue weighted by atomic mass is 9.76. The first-order chi connectivity index (χ1) is 8.43. The summed E-state index contributed by atoms with van der Waals surface area (Å²) >= 11 is 0. The Balaban J connectivity index is 2.47. The molecule has 1 fully saturated rings. The van der Waals surface area contributed by atoms with Gasteiger partial charge in [0, 0.05) is 12.1 Å². The molecule has 0 radical (unpaired) electrons. The van der Waals surface area contributed by atoms with E-state index in [1.54, 1.807) is 0 Å². The lowest BCUT2D eigenvalue weighted by Crippen LogP contribution is -2.50. The molecular weight excluding hydrogens is 228 g/mol. The highest BCUT2D eigenvalue weighted by molar-refractivity contribution is 4.87. The lowest BCUT2D eigenvalue weighted by molar-refractivity contribution is -0.0204. The summed E-state index contributed by atoms with van der Waals surface area (Å²) in [5.74, 6) is 0.842. The summed E-state index contributed by atoms with van der Waals surface area (Å²) < 4.78 is 0. The smallest absolute Gasteiger partial charge is 0.0952 e. The number of hydrogen-bond acceptors (Lipinski definition) is 4. The van der Waals surface area contributed by atoms with Gasteiger partial charge in [0.1, 0.15) is 0 Å². The van der Waals surface area contributed by atoms with Gasteiger partial charge in [0.05, 0.1) is 12.2 Å². The van der Waals surface area contributed by atoms with Crippen molar-refractivity contribution in [1.29, 1.82) is 0 Å². The molecule has 2 unspecified atom stereocenters. The fraction of sp³-hybridized carbons (Fsp3) is 1.00. The molecule has 6 N–H and O–H groups in total. The molecule has 5 atom stereocenters. The lowest BCUT2D eigenvalue weighted by Gasteiger charge is -2.35. The summed E-state index contributed by atoms with van der Waals surface area (Å²) in [4.78, 5) is 0. The van der Waals surface area contributed by atoms with Gasteiger partial charge in [-0.3, -0.25) is 0 Å². The molecule has 4 heteroatoms. The zero-order chi connectivity index (χ0) is 13.7. The predicted molar refractivity (Wildman–Crippen MR) is 74.0 cm³/mol. The minimum Gasteiger partial charge on any atom is -0.390 e. The van der Waals surface area contributed by atoms with E-state index in [1.807, 2.05) is 6.92 Å². The van der Waals surface area contributed by atoms with Crippen LogP contribution < -0.4 is 11.5 Å². The van der Waals surface area contributed by atoms with Gasteiger partial charge in [-0.25, -0.2) is 0 Å². The Labute approximate surface area is 111 Å². The van der Waals surface area contributed by atoms with Crippen molar-refractivity contribution in [3.63, 3.8) is 0 Å². The number of rotatable bonds is 6. The van der Waals surface area contributed by atoms with Crippen LogP contribution in [0.2, 0.25) is 0 Å². The summed E-state index contributed by atoms with van der Waals surface area (Å²) in [7, 11) is 0. The molecule has 1 aliphatic rings. The molecule has 0 saturated heterocycles. The fourth-order valence-electron chi connectivity index (χ4n) is 3.06. The maximum Gasteiger partial charge on any atom is 0.0952 e. The van der Waals surface area contributed by atoms with Gasteiger partial charge in [-0.15, -0.1) is 0 Å². The Hall–Kier alpha value is -0.160. The van der Waals surface area contributed by atoms with Gasteiger partial charge in [0.2, 0.25) is 0 Å². The Bertz CT molecular complexity index is 230. The van der Waals surface area contributed by atoms with Crippen molar-refractivity contribution >= 4 is 0 Å². The summed E-state index contributed by atoms with van der Waals surface area (Å²) in [6.07, 6.45) is 4.95. The van der Waals surface area contributed by atoms with E-state index < -0.39 is 12.2 Å². The van der Waals surface area contributed by atoms with Crippen LogP contribution in [0.4, 0.5) is 0 Å². The average Bonchev–Trinajstić information content (AvgIpc) is 2.36. The van der Waals surface area contributed by atoms with Crippen LogP contribution in [-0.2, 0) is 0 Å². The van der Waals surface area contributed by atoms with Gasteiger partial charge < -0.3 is 21.7 Å². The maximum absolute atomic E-state index is 10.1. The molecule has 1 saturated carbocycles. The SMILES string of the molecule is CC(N)C[C@H](O)[C@H](O)[C@@H](N)C(C)C1CCCCC1. The van der Waals surface area contributed by atoms with Crippen molar-refractivity contribution < 1.29 is 10.2 Å². The van der Waals surface area contributed by atoms with Crippen molar-refractivity contribution in [2.75, 3.05) is 0 Å². The van der Waals surface area contributed by atoms with E-state index in [0.29, 0.717) is 12.3 Å². The van der Waals surface area contributed by atoms with Crippen LogP contribution in [0.15, 0.2) is 0 Å². The standard InChI is InChI=1S/C14H30N2O2/c1-9(15)8-12(17)14(18)13(16)10(2)11-6-4-3-5-7-11/h9-14,17-18H,3-8,15-16H2,1-2H3/t9?,10?,12-,13-,14-/m0/s1. The van der Waals surface area contributed by atoms with Crippen LogP contribution in [-0.4, -0.2) is 34.5 Å². The van der Waals surface area contributed by atoms with Crippen molar-refractivity contribution in [3.05, 3.63) is 0 Å². The van der Waals surface area contributed by atoms with Gasteiger partial charge in [-0.05, 0) is 25.2 Å². The third-order valence-electron chi connectivity index (χ3n) is 4.40. The zero-order valence-corrected chi connectivity index (χ0v) is 11.8. The highest BCUT2D eigenvalue weighted by Gasteiger charge is 2.32. The Morgan fingerprint density at radius 2 is 1.61 bits per heavy atom. The molecule has 0 spiro atoms. The van der Waals surface area contributed by atoms with Crippen LogP contribution in [0.1, 0.15) is 52.4 Å². The molecule has 18 heavy (non-hydrogen) atoms. The number of aliphatic hydroxyl groups excluding tert-OH is 2. The molecular formula is C14H30N2O2. The summed E-state index contributed by atoms with van der Waals surface area (Å²) in [5.41, 5.74) is 11.8. The normalized spacial score (nSPS) is 26.3. The van der Waals surface area contributed by atoms with Crippen molar-refractivity contribution in [1.82, 2.24) is 0 Å². The van der Waals surface area contributed by atoms with Gasteiger partial charge in [-0.1, -0.05) is 39.0 Å². The van der Waals surface area contributed by atoms with Gasteiger partial charge in [0.15, 0.2) is 0 Å². The topological polar surface area (TPSA) is 92.5 Å². The van der Waals surface area contributed by atoms with E-state index in [2.05, 4.69) is 6.92 Å². The second-order valence-electron chi connectivity index (χ2n) is 6.11.